The van der Waals surface area contributed by atoms with Gasteiger partial charge in [-0.3, -0.25) is 0 Å². The maximum atomic E-state index is 13.0. The van der Waals surface area contributed by atoms with Crippen molar-refractivity contribution in [1.82, 2.24) is 4.90 Å². The van der Waals surface area contributed by atoms with E-state index in [0.717, 1.165) is 11.1 Å². The molecule has 35 heavy (non-hydrogen) atoms. The third-order valence-electron chi connectivity index (χ3n) is 7.43. The van der Waals surface area contributed by atoms with Crippen molar-refractivity contribution in [3.63, 3.8) is 0 Å². The van der Waals surface area contributed by atoms with Gasteiger partial charge in [0.15, 0.2) is 0 Å². The quantitative estimate of drug-likeness (QED) is 0.432. The number of phenols is 1. The third kappa shape index (κ3) is 6.08. The van der Waals surface area contributed by atoms with Gasteiger partial charge in [0.25, 0.3) is 0 Å². The van der Waals surface area contributed by atoms with Crippen LogP contribution in [0, 0.1) is 0 Å². The molecule has 1 aliphatic heterocycles. The Bertz CT molecular complexity index is 926. The minimum Gasteiger partial charge on any atom is -0.508 e. The number of phenolic OH excluding ortho intramolecular Hbond substituents is 1. The Morgan fingerprint density at radius 2 is 1.51 bits per heavy atom. The Morgan fingerprint density at radius 3 is 2.06 bits per heavy atom. The van der Waals surface area contributed by atoms with Gasteiger partial charge in [0, 0.05) is 12.5 Å². The lowest BCUT2D eigenvalue weighted by Crippen LogP contribution is -2.59. The highest BCUT2D eigenvalue weighted by atomic mass is 28.4. The van der Waals surface area contributed by atoms with E-state index in [1.54, 1.807) is 17.0 Å². The number of amides is 1. The monoisotopic (exact) mass is 499 g/mol. The van der Waals surface area contributed by atoms with Crippen molar-refractivity contribution >= 4 is 14.4 Å². The lowest BCUT2D eigenvalue weighted by molar-refractivity contribution is -0.0255. The van der Waals surface area contributed by atoms with E-state index in [1.807, 2.05) is 42.5 Å². The Hall–Kier alpha value is -2.35. The lowest BCUT2D eigenvalue weighted by atomic mass is 9.85. The van der Waals surface area contributed by atoms with Crippen LogP contribution in [0.15, 0.2) is 54.6 Å². The Balaban J connectivity index is 1.90. The number of ether oxygens (including phenoxy) is 1. The van der Waals surface area contributed by atoms with Gasteiger partial charge in [-0.05, 0) is 39.9 Å². The molecule has 1 aliphatic rings. The zero-order valence-corrected chi connectivity index (χ0v) is 22.8. The lowest BCUT2D eigenvalue weighted by Gasteiger charge is -2.49. The highest BCUT2D eigenvalue weighted by Gasteiger charge is 2.50. The number of piperidine rings is 1. The van der Waals surface area contributed by atoms with Gasteiger partial charge < -0.3 is 24.3 Å². The summed E-state index contributed by atoms with van der Waals surface area (Å²) in [5.41, 5.74) is 2.90. The molecular weight excluding hydrogens is 458 g/mol. The summed E-state index contributed by atoms with van der Waals surface area (Å²) in [6.45, 7) is 14.1. The fourth-order valence-electron chi connectivity index (χ4n) is 5.87. The molecule has 0 aliphatic carbocycles. The number of aromatic hydroxyl groups is 1. The number of benzene rings is 2. The SMILES string of the molecule is CC(C)[Si](O[C@@H]1CN(C(=O)OCc2ccccc2)C[C@H](O)[C@H]1c1ccc(O)cc1)(C(C)C)C(C)C. The van der Waals surface area contributed by atoms with Gasteiger partial charge in [0.2, 0.25) is 8.32 Å². The number of carbonyl (C=O) groups is 1. The summed E-state index contributed by atoms with van der Waals surface area (Å²) < 4.78 is 12.7. The van der Waals surface area contributed by atoms with E-state index in [1.165, 1.54) is 0 Å². The molecule has 1 saturated heterocycles. The van der Waals surface area contributed by atoms with Gasteiger partial charge in [-0.2, -0.15) is 0 Å². The normalized spacial score (nSPS) is 21.1. The summed E-state index contributed by atoms with van der Waals surface area (Å²) in [5.74, 6) is -0.130. The predicted octanol–water partition coefficient (Wildman–Crippen LogP) is 6.05. The Labute approximate surface area is 211 Å². The van der Waals surface area contributed by atoms with E-state index in [-0.39, 0.29) is 30.9 Å². The molecule has 1 heterocycles. The first-order valence-electron chi connectivity index (χ1n) is 12.7. The van der Waals surface area contributed by atoms with Crippen LogP contribution in [0.5, 0.6) is 5.75 Å². The molecule has 0 aromatic heterocycles. The van der Waals surface area contributed by atoms with E-state index in [0.29, 0.717) is 23.2 Å². The van der Waals surface area contributed by atoms with Crippen molar-refractivity contribution in [2.45, 2.75) is 82.9 Å². The first-order valence-corrected chi connectivity index (χ1v) is 14.8. The molecule has 2 aromatic rings. The highest BCUT2D eigenvalue weighted by Crippen LogP contribution is 2.45. The maximum Gasteiger partial charge on any atom is 0.410 e. The van der Waals surface area contributed by atoms with Crippen LogP contribution in [0.3, 0.4) is 0 Å². The van der Waals surface area contributed by atoms with Crippen LogP contribution in [0.2, 0.25) is 16.6 Å². The summed E-state index contributed by atoms with van der Waals surface area (Å²) in [6, 6.07) is 16.5. The predicted molar refractivity (Wildman–Crippen MR) is 141 cm³/mol. The molecular formula is C28H41NO5Si. The average Bonchev–Trinajstić information content (AvgIpc) is 2.81. The minimum absolute atomic E-state index is 0.165. The van der Waals surface area contributed by atoms with Crippen LogP contribution in [0.4, 0.5) is 4.79 Å². The summed E-state index contributed by atoms with van der Waals surface area (Å²) in [4.78, 5) is 14.6. The summed E-state index contributed by atoms with van der Waals surface area (Å²) in [6.07, 6.45) is -1.65. The zero-order valence-electron chi connectivity index (χ0n) is 21.8. The largest absolute Gasteiger partial charge is 0.508 e. The van der Waals surface area contributed by atoms with E-state index in [9.17, 15) is 15.0 Å². The number of aliphatic hydroxyl groups is 1. The first-order chi connectivity index (χ1) is 16.6. The number of hydrogen-bond acceptors (Lipinski definition) is 5. The van der Waals surface area contributed by atoms with Gasteiger partial charge in [-0.25, -0.2) is 4.79 Å². The fourth-order valence-corrected chi connectivity index (χ4v) is 11.4. The van der Waals surface area contributed by atoms with Crippen LogP contribution in [-0.4, -0.2) is 54.8 Å². The molecule has 2 aromatic carbocycles. The number of aliphatic hydroxyl groups excluding tert-OH is 1. The molecule has 0 radical (unpaired) electrons. The molecule has 0 spiro atoms. The third-order valence-corrected chi connectivity index (χ3v) is 13.6. The van der Waals surface area contributed by atoms with Gasteiger partial charge >= 0.3 is 6.09 Å². The number of hydrogen-bond donors (Lipinski definition) is 2. The van der Waals surface area contributed by atoms with E-state index >= 15 is 0 Å². The molecule has 7 heteroatoms. The maximum absolute atomic E-state index is 13.0. The molecule has 2 N–H and O–H groups in total. The molecule has 0 unspecified atom stereocenters. The molecule has 6 nitrogen and oxygen atoms in total. The van der Waals surface area contributed by atoms with Crippen LogP contribution in [0.1, 0.15) is 58.6 Å². The molecule has 0 saturated carbocycles. The summed E-state index contributed by atoms with van der Waals surface area (Å²) in [7, 11) is -2.30. The van der Waals surface area contributed by atoms with Crippen molar-refractivity contribution in [2.75, 3.05) is 13.1 Å². The second kappa shape index (κ2) is 11.6. The van der Waals surface area contributed by atoms with Crippen LogP contribution in [0.25, 0.3) is 0 Å². The molecule has 1 fully saturated rings. The number of β-amino-alcohol motifs (C(OH)–C–C–N with tert-alkyl or cyclic N) is 1. The van der Waals surface area contributed by atoms with Crippen LogP contribution in [-0.2, 0) is 15.8 Å². The van der Waals surface area contributed by atoms with E-state index in [2.05, 4.69) is 41.5 Å². The Kier molecular flexibility index (Phi) is 9.02. The standard InChI is InChI=1S/C28H41NO5Si/c1-19(2)35(20(3)4,21(5)6)34-26-17-29(28(32)33-18-22-10-8-7-9-11-22)16-25(31)27(26)23-12-14-24(30)15-13-23/h7-15,19-21,25-27,30-31H,16-18H2,1-6H3/t25-,26+,27+/m0/s1. The van der Waals surface area contributed by atoms with Gasteiger partial charge in [-0.1, -0.05) is 84.0 Å². The topological polar surface area (TPSA) is 79.2 Å². The molecule has 3 atom stereocenters. The van der Waals surface area contributed by atoms with E-state index in [4.69, 9.17) is 9.16 Å². The van der Waals surface area contributed by atoms with Crippen molar-refractivity contribution in [3.8, 4) is 5.75 Å². The number of rotatable bonds is 8. The van der Waals surface area contributed by atoms with Crippen molar-refractivity contribution < 1.29 is 24.2 Å². The van der Waals surface area contributed by atoms with E-state index < -0.39 is 20.5 Å². The number of carbonyl (C=O) groups excluding carboxylic acids is 1. The minimum atomic E-state index is -2.30. The van der Waals surface area contributed by atoms with Crippen molar-refractivity contribution in [1.29, 1.82) is 0 Å². The van der Waals surface area contributed by atoms with Crippen LogP contribution < -0.4 is 0 Å². The summed E-state index contributed by atoms with van der Waals surface area (Å²) >= 11 is 0. The second-order valence-electron chi connectivity index (χ2n) is 10.6. The van der Waals surface area contributed by atoms with Gasteiger partial charge in [0.05, 0.1) is 18.8 Å². The van der Waals surface area contributed by atoms with Gasteiger partial charge in [0.1, 0.15) is 12.4 Å². The van der Waals surface area contributed by atoms with Crippen molar-refractivity contribution in [2.24, 2.45) is 0 Å². The molecule has 0 bridgehead atoms. The molecule has 3 rings (SSSR count). The fraction of sp³-hybridized carbons (Fsp3) is 0.536. The smallest absolute Gasteiger partial charge is 0.410 e. The Morgan fingerprint density at radius 1 is 0.943 bits per heavy atom. The number of likely N-dealkylation sites (tertiary alicyclic amines) is 1. The zero-order chi connectivity index (χ0) is 25.8. The molecule has 192 valence electrons. The van der Waals surface area contributed by atoms with Crippen molar-refractivity contribution in [3.05, 3.63) is 65.7 Å². The second-order valence-corrected chi connectivity index (χ2v) is 16.0. The summed E-state index contributed by atoms with van der Waals surface area (Å²) in [5, 5.41) is 21.1. The van der Waals surface area contributed by atoms with Gasteiger partial charge in [-0.15, -0.1) is 0 Å². The first kappa shape index (κ1) is 27.2. The number of nitrogens with zero attached hydrogens (tertiary/aromatic N) is 1. The highest BCUT2D eigenvalue weighted by molar-refractivity contribution is 6.77. The van der Waals surface area contributed by atoms with Crippen LogP contribution >= 0.6 is 0 Å². The molecule has 1 amide bonds. The average molecular weight is 500 g/mol.